The molecule has 2 rings (SSSR count). The van der Waals surface area contributed by atoms with E-state index in [-0.39, 0.29) is 24.4 Å². The topological polar surface area (TPSA) is 41.3 Å². The van der Waals surface area contributed by atoms with E-state index >= 15 is 0 Å². The maximum absolute atomic E-state index is 6.28. The molecule has 0 aromatic heterocycles. The predicted octanol–water partition coefficient (Wildman–Crippen LogP) is 4.05. The molecule has 2 aromatic rings. The summed E-state index contributed by atoms with van der Waals surface area (Å²) in [5.74, 6) is 0. The Kier molecular flexibility index (Phi) is 6.34. The van der Waals surface area contributed by atoms with Gasteiger partial charge in [0.25, 0.3) is 0 Å². The van der Waals surface area contributed by atoms with E-state index in [1.807, 2.05) is 19.1 Å². The SMILES string of the molecule is CC(N)N(C(C)N[C@@H](C)c1ccccc1)C(C)c1ccccc1. The van der Waals surface area contributed by atoms with Gasteiger partial charge in [0.1, 0.15) is 0 Å². The number of hydrogen-bond acceptors (Lipinski definition) is 3. The van der Waals surface area contributed by atoms with Gasteiger partial charge in [0.15, 0.2) is 0 Å². The third-order valence-corrected chi connectivity index (χ3v) is 4.44. The van der Waals surface area contributed by atoms with Gasteiger partial charge in [-0.2, -0.15) is 0 Å². The first-order chi connectivity index (χ1) is 11.0. The molecule has 23 heavy (non-hydrogen) atoms. The van der Waals surface area contributed by atoms with Crippen LogP contribution in [0.5, 0.6) is 0 Å². The van der Waals surface area contributed by atoms with Gasteiger partial charge in [0.05, 0.1) is 12.3 Å². The van der Waals surface area contributed by atoms with Crippen LogP contribution in [0.15, 0.2) is 60.7 Å². The standard InChI is InChI=1S/C20H29N3/c1-15(19-11-7-5-8-12-19)22-18(4)23(17(3)21)16(2)20-13-9-6-10-14-20/h5-18,22H,21H2,1-4H3/t15-,16?,17?,18?/m0/s1. The second-order valence-electron chi connectivity index (χ2n) is 6.25. The molecule has 0 fully saturated rings. The molecule has 0 aliphatic rings. The molecule has 2 aromatic carbocycles. The molecule has 124 valence electrons. The summed E-state index contributed by atoms with van der Waals surface area (Å²) in [6, 6.07) is 21.6. The average Bonchev–Trinajstić information content (AvgIpc) is 2.56. The number of benzene rings is 2. The maximum Gasteiger partial charge on any atom is 0.0592 e. The van der Waals surface area contributed by atoms with Crippen molar-refractivity contribution in [2.45, 2.75) is 52.1 Å². The Balaban J connectivity index is 2.11. The van der Waals surface area contributed by atoms with E-state index < -0.39 is 0 Å². The van der Waals surface area contributed by atoms with E-state index in [1.165, 1.54) is 11.1 Å². The van der Waals surface area contributed by atoms with E-state index in [9.17, 15) is 0 Å². The zero-order valence-electron chi connectivity index (χ0n) is 14.6. The smallest absolute Gasteiger partial charge is 0.0592 e. The van der Waals surface area contributed by atoms with Gasteiger partial charge >= 0.3 is 0 Å². The van der Waals surface area contributed by atoms with Gasteiger partial charge in [-0.25, -0.2) is 0 Å². The van der Waals surface area contributed by atoms with Gasteiger partial charge in [0.2, 0.25) is 0 Å². The fourth-order valence-corrected chi connectivity index (χ4v) is 3.23. The highest BCUT2D eigenvalue weighted by Gasteiger charge is 2.25. The summed E-state index contributed by atoms with van der Waals surface area (Å²) in [4.78, 5) is 2.31. The second kappa shape index (κ2) is 8.25. The molecule has 0 saturated heterocycles. The molecule has 4 atom stereocenters. The van der Waals surface area contributed by atoms with Crippen molar-refractivity contribution in [2.75, 3.05) is 0 Å². The quantitative estimate of drug-likeness (QED) is 0.758. The highest BCUT2D eigenvalue weighted by molar-refractivity contribution is 5.20. The Bertz CT molecular complexity index is 568. The van der Waals surface area contributed by atoms with Crippen LogP contribution >= 0.6 is 0 Å². The minimum Gasteiger partial charge on any atom is -0.316 e. The zero-order chi connectivity index (χ0) is 16.8. The third-order valence-electron chi connectivity index (χ3n) is 4.44. The van der Waals surface area contributed by atoms with Gasteiger partial charge in [-0.15, -0.1) is 0 Å². The lowest BCUT2D eigenvalue weighted by molar-refractivity contribution is 0.0795. The first-order valence-electron chi connectivity index (χ1n) is 8.39. The van der Waals surface area contributed by atoms with Gasteiger partial charge in [-0.3, -0.25) is 10.2 Å². The normalized spacial score (nSPS) is 16.8. The lowest BCUT2D eigenvalue weighted by Crippen LogP contribution is -2.52. The molecular weight excluding hydrogens is 282 g/mol. The van der Waals surface area contributed by atoms with Crippen LogP contribution in [0.25, 0.3) is 0 Å². The van der Waals surface area contributed by atoms with Gasteiger partial charge in [-0.1, -0.05) is 60.7 Å². The van der Waals surface area contributed by atoms with Gasteiger partial charge in [0, 0.05) is 12.1 Å². The van der Waals surface area contributed by atoms with Crippen LogP contribution in [0.4, 0.5) is 0 Å². The molecular formula is C20H29N3. The molecule has 0 amide bonds. The van der Waals surface area contributed by atoms with E-state index in [2.05, 4.69) is 79.5 Å². The minimum absolute atomic E-state index is 0.0318. The van der Waals surface area contributed by atoms with Crippen LogP contribution in [0.2, 0.25) is 0 Å². The Labute approximate surface area is 140 Å². The Morgan fingerprint density at radius 1 is 0.783 bits per heavy atom. The average molecular weight is 311 g/mol. The van der Waals surface area contributed by atoms with Gasteiger partial charge < -0.3 is 5.73 Å². The monoisotopic (exact) mass is 311 g/mol. The first kappa shape index (κ1) is 17.7. The molecule has 0 aliphatic heterocycles. The minimum atomic E-state index is -0.0318. The number of hydrogen-bond donors (Lipinski definition) is 2. The number of nitrogens with one attached hydrogen (secondary N) is 1. The van der Waals surface area contributed by atoms with Crippen LogP contribution in [0, 0.1) is 0 Å². The summed E-state index contributed by atoms with van der Waals surface area (Å²) in [6.07, 6.45) is 0.135. The van der Waals surface area contributed by atoms with Crippen molar-refractivity contribution in [3.8, 4) is 0 Å². The number of nitrogens with zero attached hydrogens (tertiary/aromatic N) is 1. The van der Waals surface area contributed by atoms with Crippen molar-refractivity contribution in [3.05, 3.63) is 71.8 Å². The summed E-state index contributed by atoms with van der Waals surface area (Å²) in [5.41, 5.74) is 8.85. The van der Waals surface area contributed by atoms with Crippen molar-refractivity contribution in [1.29, 1.82) is 0 Å². The van der Waals surface area contributed by atoms with Crippen LogP contribution in [-0.2, 0) is 0 Å². The van der Waals surface area contributed by atoms with Crippen LogP contribution in [-0.4, -0.2) is 17.2 Å². The van der Waals surface area contributed by atoms with Crippen molar-refractivity contribution in [1.82, 2.24) is 10.2 Å². The van der Waals surface area contributed by atoms with Crippen molar-refractivity contribution >= 4 is 0 Å². The summed E-state index contributed by atoms with van der Waals surface area (Å²) in [7, 11) is 0. The molecule has 3 unspecified atom stereocenters. The summed E-state index contributed by atoms with van der Waals surface area (Å²) >= 11 is 0. The molecule has 0 aliphatic carbocycles. The molecule has 0 saturated carbocycles. The van der Waals surface area contributed by atoms with Crippen LogP contribution in [0.1, 0.15) is 50.9 Å². The summed E-state index contributed by atoms with van der Waals surface area (Å²) < 4.78 is 0. The number of rotatable bonds is 7. The van der Waals surface area contributed by atoms with E-state index in [0.29, 0.717) is 0 Å². The summed E-state index contributed by atoms with van der Waals surface area (Å²) in [5, 5.41) is 3.67. The largest absolute Gasteiger partial charge is 0.316 e. The Morgan fingerprint density at radius 2 is 1.26 bits per heavy atom. The highest BCUT2D eigenvalue weighted by atomic mass is 15.3. The van der Waals surface area contributed by atoms with Crippen molar-refractivity contribution < 1.29 is 0 Å². The van der Waals surface area contributed by atoms with Gasteiger partial charge in [-0.05, 0) is 38.8 Å². The lowest BCUT2D eigenvalue weighted by Gasteiger charge is -2.39. The van der Waals surface area contributed by atoms with E-state index in [1.54, 1.807) is 0 Å². The second-order valence-corrected chi connectivity index (χ2v) is 6.25. The van der Waals surface area contributed by atoms with E-state index in [4.69, 9.17) is 5.73 Å². The van der Waals surface area contributed by atoms with Crippen molar-refractivity contribution in [2.24, 2.45) is 5.73 Å². The first-order valence-corrected chi connectivity index (χ1v) is 8.39. The lowest BCUT2D eigenvalue weighted by atomic mass is 10.1. The molecule has 3 nitrogen and oxygen atoms in total. The molecule has 0 bridgehead atoms. The number of nitrogens with two attached hydrogens (primary N) is 1. The molecule has 0 heterocycles. The molecule has 3 heteroatoms. The van der Waals surface area contributed by atoms with Crippen molar-refractivity contribution in [3.63, 3.8) is 0 Å². The summed E-state index contributed by atoms with van der Waals surface area (Å²) in [6.45, 7) is 8.63. The van der Waals surface area contributed by atoms with Crippen LogP contribution in [0.3, 0.4) is 0 Å². The fourth-order valence-electron chi connectivity index (χ4n) is 3.23. The molecule has 0 radical (unpaired) electrons. The maximum atomic E-state index is 6.28. The predicted molar refractivity (Wildman–Crippen MR) is 97.8 cm³/mol. The molecule has 3 N–H and O–H groups in total. The fraction of sp³-hybridized carbons (Fsp3) is 0.400. The van der Waals surface area contributed by atoms with Crippen LogP contribution < -0.4 is 11.1 Å². The Morgan fingerprint density at radius 3 is 1.74 bits per heavy atom. The third kappa shape index (κ3) is 4.64. The zero-order valence-corrected chi connectivity index (χ0v) is 14.6. The van der Waals surface area contributed by atoms with E-state index in [0.717, 1.165) is 0 Å². The highest BCUT2D eigenvalue weighted by Crippen LogP contribution is 2.24. The Hall–Kier alpha value is -1.68. The molecule has 0 spiro atoms.